The van der Waals surface area contributed by atoms with Crippen molar-refractivity contribution in [3.8, 4) is 0 Å². The fourth-order valence-electron chi connectivity index (χ4n) is 1.85. The molecule has 0 saturated carbocycles. The van der Waals surface area contributed by atoms with Crippen molar-refractivity contribution in [1.29, 1.82) is 0 Å². The lowest BCUT2D eigenvalue weighted by Crippen LogP contribution is -2.28. The van der Waals surface area contributed by atoms with E-state index in [9.17, 15) is 9.59 Å². The van der Waals surface area contributed by atoms with Crippen LogP contribution in [0.3, 0.4) is 0 Å². The predicted molar refractivity (Wildman–Crippen MR) is 82.9 cm³/mol. The van der Waals surface area contributed by atoms with Crippen molar-refractivity contribution in [2.24, 2.45) is 0 Å². The number of carbonyl (C=O) groups excluding carboxylic acids is 1. The Bertz CT molecular complexity index is 707. The maximum Gasteiger partial charge on any atom is 0.253 e. The van der Waals surface area contributed by atoms with Gasteiger partial charge in [0.05, 0.1) is 5.69 Å². The number of aryl methyl sites for hydroxylation is 2. The second-order valence-electron chi connectivity index (χ2n) is 4.66. The van der Waals surface area contributed by atoms with Crippen molar-refractivity contribution in [2.45, 2.75) is 20.4 Å². The quantitative estimate of drug-likeness (QED) is 0.938. The van der Waals surface area contributed by atoms with Gasteiger partial charge in [-0.2, -0.15) is 0 Å². The highest BCUT2D eigenvalue weighted by atomic mass is 79.9. The highest BCUT2D eigenvalue weighted by Crippen LogP contribution is 2.23. The molecule has 0 saturated heterocycles. The van der Waals surface area contributed by atoms with Crippen LogP contribution in [0.25, 0.3) is 0 Å². The van der Waals surface area contributed by atoms with Crippen molar-refractivity contribution in [2.75, 3.05) is 5.32 Å². The molecule has 5 heteroatoms. The first-order valence-corrected chi connectivity index (χ1v) is 6.99. The van der Waals surface area contributed by atoms with Crippen molar-refractivity contribution < 1.29 is 4.79 Å². The fraction of sp³-hybridized carbons (Fsp3) is 0.200. The minimum absolute atomic E-state index is 0.000823. The van der Waals surface area contributed by atoms with E-state index >= 15 is 0 Å². The van der Waals surface area contributed by atoms with Crippen LogP contribution >= 0.6 is 15.9 Å². The molecule has 0 fully saturated rings. The third-order valence-electron chi connectivity index (χ3n) is 2.92. The summed E-state index contributed by atoms with van der Waals surface area (Å²) in [6.07, 6.45) is 1.61. The Morgan fingerprint density at radius 3 is 2.75 bits per heavy atom. The van der Waals surface area contributed by atoms with Gasteiger partial charge in [0.2, 0.25) is 5.91 Å². The van der Waals surface area contributed by atoms with Crippen LogP contribution < -0.4 is 10.9 Å². The molecular formula is C15H15BrN2O2. The monoisotopic (exact) mass is 334 g/mol. The number of benzene rings is 1. The minimum Gasteiger partial charge on any atom is -0.324 e. The van der Waals surface area contributed by atoms with Gasteiger partial charge in [0.25, 0.3) is 5.56 Å². The van der Waals surface area contributed by atoms with Gasteiger partial charge in [-0.15, -0.1) is 0 Å². The molecule has 104 valence electrons. The fourth-order valence-corrected chi connectivity index (χ4v) is 2.44. The second-order valence-corrected chi connectivity index (χ2v) is 5.51. The summed E-state index contributed by atoms with van der Waals surface area (Å²) in [6.45, 7) is 3.71. The number of rotatable bonds is 3. The van der Waals surface area contributed by atoms with Gasteiger partial charge in [-0.25, -0.2) is 0 Å². The maximum atomic E-state index is 12.0. The zero-order valence-corrected chi connectivity index (χ0v) is 12.9. The van der Waals surface area contributed by atoms with Crippen LogP contribution in [0.5, 0.6) is 0 Å². The summed E-state index contributed by atoms with van der Waals surface area (Å²) in [5.74, 6) is -0.234. The second kappa shape index (κ2) is 6.05. The summed E-state index contributed by atoms with van der Waals surface area (Å²) in [5.41, 5.74) is 2.27. The molecule has 20 heavy (non-hydrogen) atoms. The lowest BCUT2D eigenvalue weighted by molar-refractivity contribution is -0.116. The van der Waals surface area contributed by atoms with E-state index in [0.717, 1.165) is 10.0 Å². The first kappa shape index (κ1) is 14.5. The highest BCUT2D eigenvalue weighted by Gasteiger charge is 2.08. The molecule has 2 aromatic rings. The number of hydrogen-bond donors (Lipinski definition) is 1. The number of aromatic nitrogens is 1. The molecule has 1 aromatic heterocycles. The average molecular weight is 335 g/mol. The number of amides is 1. The number of nitrogens with one attached hydrogen (secondary N) is 1. The Hall–Kier alpha value is -1.88. The number of halogens is 1. The van der Waals surface area contributed by atoms with Crippen molar-refractivity contribution in [3.05, 3.63) is 62.5 Å². The number of pyridine rings is 1. The largest absolute Gasteiger partial charge is 0.324 e. The Labute approximate surface area is 125 Å². The molecule has 0 spiro atoms. The zero-order chi connectivity index (χ0) is 14.7. The number of hydrogen-bond acceptors (Lipinski definition) is 2. The molecule has 1 aromatic carbocycles. The third kappa shape index (κ3) is 3.36. The van der Waals surface area contributed by atoms with Crippen LogP contribution in [0.4, 0.5) is 5.69 Å². The van der Waals surface area contributed by atoms with Crippen molar-refractivity contribution in [1.82, 2.24) is 4.57 Å². The molecule has 0 aliphatic carbocycles. The highest BCUT2D eigenvalue weighted by molar-refractivity contribution is 9.10. The van der Waals surface area contributed by atoms with Gasteiger partial charge in [0.15, 0.2) is 0 Å². The number of anilines is 1. The van der Waals surface area contributed by atoms with Crippen LogP contribution in [0.15, 0.2) is 45.8 Å². The van der Waals surface area contributed by atoms with Gasteiger partial charge in [0.1, 0.15) is 6.54 Å². The normalized spacial score (nSPS) is 10.3. The molecule has 1 N–H and O–H groups in total. The molecule has 1 amide bonds. The van der Waals surface area contributed by atoms with Crippen LogP contribution in [-0.2, 0) is 11.3 Å². The minimum atomic E-state index is -0.234. The Morgan fingerprint density at radius 2 is 2.05 bits per heavy atom. The molecule has 4 nitrogen and oxygen atoms in total. The Kier molecular flexibility index (Phi) is 4.39. The van der Waals surface area contributed by atoms with Crippen LogP contribution in [0.1, 0.15) is 11.1 Å². The Morgan fingerprint density at radius 1 is 1.30 bits per heavy atom. The molecule has 0 atom stereocenters. The van der Waals surface area contributed by atoms with Gasteiger partial charge >= 0.3 is 0 Å². The van der Waals surface area contributed by atoms with Crippen molar-refractivity contribution in [3.63, 3.8) is 0 Å². The first-order valence-electron chi connectivity index (χ1n) is 6.19. The van der Waals surface area contributed by atoms with E-state index in [1.807, 2.05) is 25.1 Å². The lowest BCUT2D eigenvalue weighted by atomic mass is 10.2. The molecule has 0 radical (unpaired) electrons. The molecule has 0 unspecified atom stereocenters. The van der Waals surface area contributed by atoms with E-state index in [-0.39, 0.29) is 18.0 Å². The van der Waals surface area contributed by atoms with Crippen LogP contribution in [-0.4, -0.2) is 10.5 Å². The van der Waals surface area contributed by atoms with Gasteiger partial charge in [-0.05, 0) is 53.5 Å². The van der Waals surface area contributed by atoms with E-state index in [0.29, 0.717) is 11.3 Å². The number of nitrogens with zero attached hydrogens (tertiary/aromatic N) is 1. The summed E-state index contributed by atoms with van der Waals surface area (Å²) in [5, 5.41) is 2.79. The first-order chi connectivity index (χ1) is 9.47. The summed E-state index contributed by atoms with van der Waals surface area (Å²) in [4.78, 5) is 23.8. The summed E-state index contributed by atoms with van der Waals surface area (Å²) >= 11 is 3.40. The summed E-state index contributed by atoms with van der Waals surface area (Å²) < 4.78 is 2.22. The molecular weight excluding hydrogens is 320 g/mol. The average Bonchev–Trinajstić information content (AvgIpc) is 2.38. The van der Waals surface area contributed by atoms with Crippen LogP contribution in [0.2, 0.25) is 0 Å². The SMILES string of the molecule is Cc1ccc(NC(=O)Cn2cccc(C)c2=O)c(Br)c1. The van der Waals surface area contributed by atoms with Crippen LogP contribution in [0, 0.1) is 13.8 Å². The molecule has 1 heterocycles. The van der Waals surface area contributed by atoms with Gasteiger partial charge in [-0.3, -0.25) is 9.59 Å². The molecule has 0 aliphatic heterocycles. The van der Waals surface area contributed by atoms with E-state index in [2.05, 4.69) is 21.2 Å². The topological polar surface area (TPSA) is 51.1 Å². The smallest absolute Gasteiger partial charge is 0.253 e. The van der Waals surface area contributed by atoms with E-state index in [1.54, 1.807) is 25.3 Å². The third-order valence-corrected chi connectivity index (χ3v) is 3.58. The van der Waals surface area contributed by atoms with E-state index in [4.69, 9.17) is 0 Å². The summed E-state index contributed by atoms with van der Waals surface area (Å²) in [7, 11) is 0. The summed E-state index contributed by atoms with van der Waals surface area (Å²) in [6, 6.07) is 9.16. The van der Waals surface area contributed by atoms with E-state index in [1.165, 1.54) is 4.57 Å². The van der Waals surface area contributed by atoms with Gasteiger partial charge in [-0.1, -0.05) is 12.1 Å². The predicted octanol–water partition coefficient (Wildman–Crippen LogP) is 2.87. The van der Waals surface area contributed by atoms with Crippen molar-refractivity contribution >= 4 is 27.5 Å². The molecule has 0 bridgehead atoms. The number of carbonyl (C=O) groups is 1. The molecule has 2 rings (SSSR count). The standard InChI is InChI=1S/C15H15BrN2O2/c1-10-5-6-13(12(16)8-10)17-14(19)9-18-7-3-4-11(2)15(18)20/h3-8H,9H2,1-2H3,(H,17,19). The lowest BCUT2D eigenvalue weighted by Gasteiger charge is -2.10. The molecule has 0 aliphatic rings. The Balaban J connectivity index is 2.13. The maximum absolute atomic E-state index is 12.0. The zero-order valence-electron chi connectivity index (χ0n) is 11.3. The van der Waals surface area contributed by atoms with Gasteiger partial charge < -0.3 is 9.88 Å². The van der Waals surface area contributed by atoms with E-state index < -0.39 is 0 Å². The van der Waals surface area contributed by atoms with Gasteiger partial charge in [0, 0.05) is 16.2 Å².